The zero-order chi connectivity index (χ0) is 26.6. The molecule has 3 atom stereocenters. The van der Waals surface area contributed by atoms with Gasteiger partial charge in [-0.1, -0.05) is 37.6 Å². The Kier molecular flexibility index (Phi) is 6.05. The quantitative estimate of drug-likeness (QED) is 0.351. The highest BCUT2D eigenvalue weighted by Crippen LogP contribution is 2.34. The first-order chi connectivity index (χ1) is 18.3. The Bertz CT molecular complexity index is 1520. The molecule has 4 heterocycles. The maximum atomic E-state index is 13.8. The largest absolute Gasteiger partial charge is 0.352 e. The third kappa shape index (κ3) is 4.38. The molecule has 0 unspecified atom stereocenters. The Hall–Kier alpha value is -3.94. The van der Waals surface area contributed by atoms with Crippen molar-refractivity contribution < 1.29 is 14.4 Å². The summed E-state index contributed by atoms with van der Waals surface area (Å²) in [4.78, 5) is 54.9. The van der Waals surface area contributed by atoms with Crippen LogP contribution in [0.25, 0.3) is 21.9 Å². The van der Waals surface area contributed by atoms with Crippen molar-refractivity contribution in [3.05, 3.63) is 65.6 Å². The number of Topliss-reactive ketones (excluding diaryl/α,β-unsaturated/α-hetero) is 1. The lowest BCUT2D eigenvalue weighted by Gasteiger charge is -2.36. The van der Waals surface area contributed by atoms with Gasteiger partial charge in [0.1, 0.15) is 0 Å². The first-order valence-corrected chi connectivity index (χ1v) is 13.5. The number of amides is 2. The van der Waals surface area contributed by atoms with Crippen molar-refractivity contribution in [1.29, 1.82) is 0 Å². The third-order valence-corrected chi connectivity index (χ3v) is 7.99. The molecule has 2 saturated heterocycles. The van der Waals surface area contributed by atoms with E-state index in [9.17, 15) is 14.4 Å². The van der Waals surface area contributed by atoms with Crippen LogP contribution in [0.5, 0.6) is 0 Å². The van der Waals surface area contributed by atoms with Gasteiger partial charge >= 0.3 is 0 Å². The Balaban J connectivity index is 1.15. The van der Waals surface area contributed by atoms with Gasteiger partial charge < -0.3 is 19.8 Å². The first-order valence-electron chi connectivity index (χ1n) is 13.5. The van der Waals surface area contributed by atoms with Crippen LogP contribution in [0.3, 0.4) is 0 Å². The molecule has 0 saturated carbocycles. The van der Waals surface area contributed by atoms with Crippen LogP contribution in [0.2, 0.25) is 0 Å². The van der Waals surface area contributed by atoms with Crippen molar-refractivity contribution in [3.8, 4) is 0 Å². The number of ketones is 1. The Labute approximate surface area is 221 Å². The lowest BCUT2D eigenvalue weighted by molar-refractivity contribution is -0.138. The number of aromatic amines is 2. The molecule has 4 aromatic rings. The molecule has 2 aromatic heterocycles. The van der Waals surface area contributed by atoms with Crippen LogP contribution in [0, 0.1) is 18.8 Å². The number of H-pyrrole nitrogens is 2. The maximum Gasteiger partial charge on any atom is 0.290 e. The molecule has 2 aliphatic rings. The number of piperazine rings is 1. The highest BCUT2D eigenvalue weighted by Gasteiger charge is 2.48. The van der Waals surface area contributed by atoms with Gasteiger partial charge in [-0.25, -0.2) is 4.98 Å². The number of hydrogen-bond acceptors (Lipinski definition) is 4. The highest BCUT2D eigenvalue weighted by atomic mass is 16.2. The number of aryl methyl sites for hydroxylation is 1. The summed E-state index contributed by atoms with van der Waals surface area (Å²) >= 11 is 0. The van der Waals surface area contributed by atoms with Gasteiger partial charge in [0.15, 0.2) is 11.6 Å². The molecule has 6 rings (SSSR count). The maximum absolute atomic E-state index is 13.8. The summed E-state index contributed by atoms with van der Waals surface area (Å²) in [5.41, 5.74) is 4.22. The number of aromatic nitrogens is 3. The molecular formula is C30H33N5O3. The normalized spacial score (nSPS) is 19.7. The van der Waals surface area contributed by atoms with E-state index in [0.29, 0.717) is 31.0 Å². The zero-order valence-electron chi connectivity index (χ0n) is 22.0. The minimum atomic E-state index is -0.380. The van der Waals surface area contributed by atoms with Crippen LogP contribution in [-0.4, -0.2) is 67.5 Å². The predicted octanol–water partition coefficient (Wildman–Crippen LogP) is 4.71. The van der Waals surface area contributed by atoms with Gasteiger partial charge in [-0.15, -0.1) is 0 Å². The van der Waals surface area contributed by atoms with Crippen molar-refractivity contribution in [2.24, 2.45) is 11.8 Å². The lowest BCUT2D eigenvalue weighted by atomic mass is 9.90. The van der Waals surface area contributed by atoms with Gasteiger partial charge in [-0.3, -0.25) is 14.4 Å². The summed E-state index contributed by atoms with van der Waals surface area (Å²) in [6, 6.07) is 15.5. The number of fused-ring (bicyclic) bond motifs is 4. The summed E-state index contributed by atoms with van der Waals surface area (Å²) in [6.07, 6.45) is 1.60. The molecular weight excluding hydrogens is 478 g/mol. The fraction of sp³-hybridized carbons (Fsp3) is 0.400. The number of hydrogen-bond donors (Lipinski definition) is 2. The first kappa shape index (κ1) is 24.4. The summed E-state index contributed by atoms with van der Waals surface area (Å²) in [7, 11) is 0. The predicted molar refractivity (Wildman–Crippen MR) is 146 cm³/mol. The number of carbonyl (C=O) groups is 3. The minimum Gasteiger partial charge on any atom is -0.352 e. The Morgan fingerprint density at radius 3 is 2.47 bits per heavy atom. The van der Waals surface area contributed by atoms with Gasteiger partial charge in [0.2, 0.25) is 5.91 Å². The molecule has 196 valence electrons. The van der Waals surface area contributed by atoms with E-state index < -0.39 is 0 Å². The SMILES string of the molecule is Cc1ccc2[nH]c(C(=O)C[C@@H](CC(C)C)C(=O)N3C[C@@H]4C[C@H]3CN4C(=O)c3nc4ccccc4[nH]3)cc2c1. The van der Waals surface area contributed by atoms with E-state index in [0.717, 1.165) is 33.9 Å². The second kappa shape index (κ2) is 9.42. The molecule has 2 aromatic carbocycles. The van der Waals surface area contributed by atoms with Gasteiger partial charge in [0.05, 0.1) is 28.8 Å². The van der Waals surface area contributed by atoms with E-state index in [1.165, 1.54) is 0 Å². The van der Waals surface area contributed by atoms with Gasteiger partial charge in [0, 0.05) is 36.3 Å². The van der Waals surface area contributed by atoms with E-state index in [1.54, 1.807) is 0 Å². The molecule has 2 N–H and O–H groups in total. The molecule has 8 heteroatoms. The number of para-hydroxylation sites is 2. The van der Waals surface area contributed by atoms with Crippen LogP contribution in [0.4, 0.5) is 0 Å². The summed E-state index contributed by atoms with van der Waals surface area (Å²) < 4.78 is 0. The van der Waals surface area contributed by atoms with Crippen molar-refractivity contribution >= 4 is 39.5 Å². The van der Waals surface area contributed by atoms with Crippen LogP contribution < -0.4 is 0 Å². The molecule has 2 fully saturated rings. The standard InChI is InChI=1S/C30H33N5O3/c1-17(2)10-20(13-27(36)26-12-19-11-18(3)8-9-23(19)31-26)29(37)34-15-22-14-21(34)16-35(22)30(38)28-32-24-6-4-5-7-25(24)33-28/h4-9,11-12,17,20-22,31H,10,13-16H2,1-3H3,(H,32,33)/t20-,21+,22+/m1/s1. The number of nitrogens with zero attached hydrogens (tertiary/aromatic N) is 3. The van der Waals surface area contributed by atoms with Gasteiger partial charge in [-0.2, -0.15) is 0 Å². The van der Waals surface area contributed by atoms with E-state index in [1.807, 2.05) is 59.2 Å². The fourth-order valence-corrected chi connectivity index (χ4v) is 6.19. The topological polar surface area (TPSA) is 102 Å². The molecule has 0 spiro atoms. The van der Waals surface area contributed by atoms with Crippen molar-refractivity contribution in [2.75, 3.05) is 13.1 Å². The third-order valence-electron chi connectivity index (χ3n) is 7.99. The molecule has 38 heavy (non-hydrogen) atoms. The van der Waals surface area contributed by atoms with Crippen LogP contribution >= 0.6 is 0 Å². The molecule has 2 bridgehead atoms. The van der Waals surface area contributed by atoms with Crippen molar-refractivity contribution in [2.45, 2.75) is 52.1 Å². The van der Waals surface area contributed by atoms with Crippen LogP contribution in [0.15, 0.2) is 48.5 Å². The van der Waals surface area contributed by atoms with Crippen LogP contribution in [0.1, 0.15) is 59.8 Å². The number of imidazole rings is 1. The van der Waals surface area contributed by atoms with Crippen molar-refractivity contribution in [1.82, 2.24) is 24.8 Å². The molecule has 8 nitrogen and oxygen atoms in total. The highest BCUT2D eigenvalue weighted by molar-refractivity contribution is 6.01. The fourth-order valence-electron chi connectivity index (χ4n) is 6.19. The monoisotopic (exact) mass is 511 g/mol. The van der Waals surface area contributed by atoms with Gasteiger partial charge in [0.25, 0.3) is 5.91 Å². The van der Waals surface area contributed by atoms with E-state index in [4.69, 9.17) is 0 Å². The number of nitrogens with one attached hydrogen (secondary N) is 2. The number of likely N-dealkylation sites (tertiary alicyclic amines) is 2. The smallest absolute Gasteiger partial charge is 0.290 e. The number of benzene rings is 2. The average Bonchev–Trinajstić information content (AvgIpc) is 3.68. The minimum absolute atomic E-state index is 0.0263. The van der Waals surface area contributed by atoms with E-state index in [2.05, 4.69) is 34.9 Å². The number of rotatable bonds is 7. The zero-order valence-corrected chi connectivity index (χ0v) is 22.0. The molecule has 2 aliphatic heterocycles. The summed E-state index contributed by atoms with van der Waals surface area (Å²) in [6.45, 7) is 7.20. The number of carbonyl (C=O) groups excluding carboxylic acids is 3. The second-order valence-electron chi connectivity index (χ2n) is 11.3. The lowest BCUT2D eigenvalue weighted by Crippen LogP contribution is -2.52. The Morgan fingerprint density at radius 1 is 0.974 bits per heavy atom. The second-order valence-corrected chi connectivity index (χ2v) is 11.3. The van der Waals surface area contributed by atoms with Gasteiger partial charge in [-0.05, 0) is 56.0 Å². The summed E-state index contributed by atoms with van der Waals surface area (Å²) in [5, 5.41) is 1.01. The van der Waals surface area contributed by atoms with E-state index >= 15 is 0 Å². The Morgan fingerprint density at radius 2 is 1.74 bits per heavy atom. The average molecular weight is 512 g/mol. The van der Waals surface area contributed by atoms with Crippen LogP contribution in [-0.2, 0) is 4.79 Å². The molecule has 2 amide bonds. The molecule has 0 radical (unpaired) electrons. The van der Waals surface area contributed by atoms with E-state index in [-0.39, 0.29) is 47.9 Å². The van der Waals surface area contributed by atoms with Crippen molar-refractivity contribution in [3.63, 3.8) is 0 Å². The summed E-state index contributed by atoms with van der Waals surface area (Å²) in [5.74, 6) is 0.117. The molecule has 0 aliphatic carbocycles.